The molecule has 0 saturated carbocycles. The van der Waals surface area contributed by atoms with Gasteiger partial charge < -0.3 is 9.84 Å². The summed E-state index contributed by atoms with van der Waals surface area (Å²) in [6.07, 6.45) is 1.28. The van der Waals surface area contributed by atoms with Crippen molar-refractivity contribution < 1.29 is 18.3 Å². The van der Waals surface area contributed by atoms with Crippen LogP contribution >= 0.6 is 0 Å². The topological polar surface area (TPSA) is 75.6 Å². The van der Waals surface area contributed by atoms with Crippen LogP contribution in [0.5, 0.6) is 0 Å². The highest BCUT2D eigenvalue weighted by atomic mass is 32.2. The van der Waals surface area contributed by atoms with Crippen LogP contribution in [0.2, 0.25) is 0 Å². The van der Waals surface area contributed by atoms with Crippen molar-refractivity contribution in [1.82, 2.24) is 4.72 Å². The number of hydrogen-bond donors (Lipinski definition) is 2. The van der Waals surface area contributed by atoms with Crippen molar-refractivity contribution in [3.63, 3.8) is 0 Å². The summed E-state index contributed by atoms with van der Waals surface area (Å²) in [6, 6.07) is 6.38. The Labute approximate surface area is 120 Å². The normalized spacial score (nSPS) is 21.6. The molecule has 2 unspecified atom stereocenters. The highest BCUT2D eigenvalue weighted by Gasteiger charge is 2.19. The molecule has 20 heavy (non-hydrogen) atoms. The molecule has 1 aliphatic heterocycles. The second-order valence-electron chi connectivity index (χ2n) is 5.18. The van der Waals surface area contributed by atoms with Gasteiger partial charge in [0.1, 0.15) is 0 Å². The van der Waals surface area contributed by atoms with Crippen LogP contribution in [0.3, 0.4) is 0 Å². The van der Waals surface area contributed by atoms with E-state index in [2.05, 4.69) is 4.72 Å². The van der Waals surface area contributed by atoms with Gasteiger partial charge in [0.05, 0.1) is 17.6 Å². The Morgan fingerprint density at radius 2 is 2.30 bits per heavy atom. The summed E-state index contributed by atoms with van der Waals surface area (Å²) >= 11 is 0. The molecule has 1 aromatic rings. The van der Waals surface area contributed by atoms with Gasteiger partial charge in [-0.2, -0.15) is 0 Å². The average Bonchev–Trinajstić information content (AvgIpc) is 2.46. The van der Waals surface area contributed by atoms with Gasteiger partial charge in [-0.3, -0.25) is 0 Å². The molecule has 112 valence electrons. The summed E-state index contributed by atoms with van der Waals surface area (Å²) in [7, 11) is -3.53. The van der Waals surface area contributed by atoms with Crippen molar-refractivity contribution in [1.29, 1.82) is 0 Å². The number of ether oxygens (including phenoxy) is 1. The smallest absolute Gasteiger partial charge is 0.240 e. The Morgan fingerprint density at radius 3 is 2.95 bits per heavy atom. The molecule has 0 bridgehead atoms. The number of aliphatic hydroxyl groups is 1. The largest absolute Gasteiger partial charge is 0.389 e. The van der Waals surface area contributed by atoms with Gasteiger partial charge in [0.15, 0.2) is 0 Å². The molecule has 0 spiro atoms. The summed E-state index contributed by atoms with van der Waals surface area (Å²) in [5, 5.41) is 9.52. The molecule has 5 nitrogen and oxygen atoms in total. The van der Waals surface area contributed by atoms with Crippen LogP contribution in [0, 0.1) is 5.92 Å². The SMILES string of the molecule is CC(O)c1cccc(S(=O)(=O)NCC2CCCOC2)c1. The predicted octanol–water partition coefficient (Wildman–Crippen LogP) is 1.44. The minimum Gasteiger partial charge on any atom is -0.389 e. The number of hydrogen-bond acceptors (Lipinski definition) is 4. The number of aliphatic hydroxyl groups excluding tert-OH is 1. The third-order valence-electron chi connectivity index (χ3n) is 3.47. The summed E-state index contributed by atoms with van der Waals surface area (Å²) in [5.74, 6) is 0.235. The van der Waals surface area contributed by atoms with Gasteiger partial charge in [-0.15, -0.1) is 0 Å². The van der Waals surface area contributed by atoms with Crippen molar-refractivity contribution >= 4 is 10.0 Å². The fraction of sp³-hybridized carbons (Fsp3) is 0.571. The third-order valence-corrected chi connectivity index (χ3v) is 4.89. The Morgan fingerprint density at radius 1 is 1.50 bits per heavy atom. The molecule has 1 heterocycles. The Hall–Kier alpha value is -0.950. The molecule has 1 saturated heterocycles. The zero-order valence-corrected chi connectivity index (χ0v) is 12.4. The highest BCUT2D eigenvalue weighted by molar-refractivity contribution is 7.89. The van der Waals surface area contributed by atoms with Crippen LogP contribution in [0.25, 0.3) is 0 Å². The maximum Gasteiger partial charge on any atom is 0.240 e. The fourth-order valence-electron chi connectivity index (χ4n) is 2.22. The predicted molar refractivity (Wildman–Crippen MR) is 75.8 cm³/mol. The van der Waals surface area contributed by atoms with Crippen molar-refractivity contribution in [2.75, 3.05) is 19.8 Å². The summed E-state index contributed by atoms with van der Waals surface area (Å²) in [4.78, 5) is 0.188. The number of rotatable bonds is 5. The van der Waals surface area contributed by atoms with Crippen LogP contribution in [-0.2, 0) is 14.8 Å². The molecule has 2 N–H and O–H groups in total. The van der Waals surface area contributed by atoms with Crippen molar-refractivity contribution in [3.8, 4) is 0 Å². The zero-order valence-electron chi connectivity index (χ0n) is 11.6. The molecule has 2 rings (SSSR count). The van der Waals surface area contributed by atoms with Gasteiger partial charge in [0.25, 0.3) is 0 Å². The van der Waals surface area contributed by atoms with Gasteiger partial charge in [0.2, 0.25) is 10.0 Å². The van der Waals surface area contributed by atoms with Crippen molar-refractivity contribution in [2.24, 2.45) is 5.92 Å². The minimum atomic E-state index is -3.53. The average molecular weight is 299 g/mol. The number of sulfonamides is 1. The third kappa shape index (κ3) is 4.02. The Bertz CT molecular complexity index is 536. The van der Waals surface area contributed by atoms with Crippen LogP contribution in [0.1, 0.15) is 31.4 Å². The first-order chi connectivity index (χ1) is 9.49. The van der Waals surface area contributed by atoms with Gasteiger partial charge >= 0.3 is 0 Å². The first-order valence-corrected chi connectivity index (χ1v) is 8.33. The van der Waals surface area contributed by atoms with E-state index in [9.17, 15) is 13.5 Å². The summed E-state index contributed by atoms with van der Waals surface area (Å²) in [5.41, 5.74) is 0.592. The van der Waals surface area contributed by atoms with Gasteiger partial charge in [-0.05, 0) is 43.4 Å². The van der Waals surface area contributed by atoms with E-state index in [0.717, 1.165) is 19.4 Å². The van der Waals surface area contributed by atoms with Crippen LogP contribution in [0.15, 0.2) is 29.2 Å². The molecule has 0 radical (unpaired) electrons. The molecule has 0 aromatic heterocycles. The standard InChI is InChI=1S/C14H21NO4S/c1-11(16)13-5-2-6-14(8-13)20(17,18)15-9-12-4-3-7-19-10-12/h2,5-6,8,11-12,15-16H,3-4,7,9-10H2,1H3. The number of nitrogens with one attached hydrogen (secondary N) is 1. The van der Waals surface area contributed by atoms with Crippen molar-refractivity contribution in [3.05, 3.63) is 29.8 Å². The first kappa shape index (κ1) is 15.4. The highest BCUT2D eigenvalue weighted by Crippen LogP contribution is 2.18. The second-order valence-corrected chi connectivity index (χ2v) is 6.95. The van der Waals surface area contributed by atoms with E-state index in [4.69, 9.17) is 4.74 Å². The molecule has 1 aliphatic rings. The van der Waals surface area contributed by atoms with Crippen LogP contribution in [-0.4, -0.2) is 33.3 Å². The molecule has 2 atom stereocenters. The van der Waals surface area contributed by atoms with Gasteiger partial charge in [-0.25, -0.2) is 13.1 Å². The monoisotopic (exact) mass is 299 g/mol. The van der Waals surface area contributed by atoms with E-state index in [1.165, 1.54) is 12.1 Å². The van der Waals surface area contributed by atoms with Gasteiger partial charge in [0, 0.05) is 13.2 Å². The zero-order chi connectivity index (χ0) is 14.6. The van der Waals surface area contributed by atoms with Crippen molar-refractivity contribution in [2.45, 2.75) is 30.8 Å². The molecular formula is C14H21NO4S. The van der Waals surface area contributed by atoms with E-state index < -0.39 is 16.1 Å². The van der Waals surface area contributed by atoms with E-state index >= 15 is 0 Å². The lowest BCUT2D eigenvalue weighted by molar-refractivity contribution is 0.0568. The lowest BCUT2D eigenvalue weighted by Gasteiger charge is -2.22. The first-order valence-electron chi connectivity index (χ1n) is 6.84. The maximum atomic E-state index is 12.2. The Kier molecular flexibility index (Phi) is 5.15. The molecule has 1 aromatic carbocycles. The maximum absolute atomic E-state index is 12.2. The second kappa shape index (κ2) is 6.67. The minimum absolute atomic E-state index is 0.188. The molecule has 0 aliphatic carbocycles. The quantitative estimate of drug-likeness (QED) is 0.863. The lowest BCUT2D eigenvalue weighted by Crippen LogP contribution is -2.33. The summed E-state index contributed by atoms with van der Waals surface area (Å²) in [6.45, 7) is 3.37. The van der Waals surface area contributed by atoms with Gasteiger partial charge in [-0.1, -0.05) is 12.1 Å². The van der Waals surface area contributed by atoms with E-state index in [0.29, 0.717) is 18.7 Å². The van der Waals surface area contributed by atoms with E-state index in [1.54, 1.807) is 19.1 Å². The van der Waals surface area contributed by atoms with Crippen LogP contribution < -0.4 is 4.72 Å². The van der Waals surface area contributed by atoms with Crippen LogP contribution in [0.4, 0.5) is 0 Å². The molecule has 1 fully saturated rings. The molecule has 6 heteroatoms. The molecular weight excluding hydrogens is 278 g/mol. The number of benzene rings is 1. The lowest BCUT2D eigenvalue weighted by atomic mass is 10.0. The molecule has 0 amide bonds. The van der Waals surface area contributed by atoms with E-state index in [-0.39, 0.29) is 10.8 Å². The fourth-order valence-corrected chi connectivity index (χ4v) is 3.39. The summed E-state index contributed by atoms with van der Waals surface area (Å²) < 4.78 is 32.4. The van der Waals surface area contributed by atoms with E-state index in [1.807, 2.05) is 0 Å². The Balaban J connectivity index is 2.03.